The molecule has 146 valence electrons. The molecule has 0 N–H and O–H groups in total. The van der Waals surface area contributed by atoms with E-state index in [1.807, 2.05) is 28.5 Å². The predicted octanol–water partition coefficient (Wildman–Crippen LogP) is 2.84. The molecule has 1 aromatic carbocycles. The Hall–Kier alpha value is -2.87. The number of rotatable bonds is 5. The number of aromatic nitrogens is 2. The maximum absolute atomic E-state index is 13.0. The highest BCUT2D eigenvalue weighted by molar-refractivity contribution is 7.17. The molecular formula is C20H21N3O4S. The van der Waals surface area contributed by atoms with Crippen LogP contribution in [0.5, 0.6) is 11.5 Å². The van der Waals surface area contributed by atoms with Gasteiger partial charge in [-0.15, -0.1) is 11.3 Å². The van der Waals surface area contributed by atoms with Crippen molar-refractivity contribution in [3.05, 3.63) is 51.9 Å². The summed E-state index contributed by atoms with van der Waals surface area (Å²) in [5, 5.41) is 1.83. The average Bonchev–Trinajstić information content (AvgIpc) is 3.39. The van der Waals surface area contributed by atoms with E-state index in [0.29, 0.717) is 16.8 Å². The van der Waals surface area contributed by atoms with Gasteiger partial charge in [-0.3, -0.25) is 14.2 Å². The highest BCUT2D eigenvalue weighted by Gasteiger charge is 2.32. The average molecular weight is 399 g/mol. The van der Waals surface area contributed by atoms with Gasteiger partial charge in [-0.1, -0.05) is 0 Å². The van der Waals surface area contributed by atoms with Crippen LogP contribution in [0.3, 0.4) is 0 Å². The molecule has 1 amide bonds. The van der Waals surface area contributed by atoms with Gasteiger partial charge in [0.1, 0.15) is 22.7 Å². The molecule has 2 aromatic heterocycles. The molecule has 0 spiro atoms. The minimum atomic E-state index is -0.178. The molecule has 4 rings (SSSR count). The first-order chi connectivity index (χ1) is 13.6. The number of hydrogen-bond acceptors (Lipinski definition) is 6. The Kier molecular flexibility index (Phi) is 5.04. The molecule has 3 heterocycles. The zero-order valence-corrected chi connectivity index (χ0v) is 16.6. The summed E-state index contributed by atoms with van der Waals surface area (Å²) in [6.45, 7) is 0.621. The fourth-order valence-electron chi connectivity index (χ4n) is 3.72. The highest BCUT2D eigenvalue weighted by Crippen LogP contribution is 2.39. The molecule has 8 heteroatoms. The number of carbonyl (C=O) groups is 1. The van der Waals surface area contributed by atoms with E-state index >= 15 is 0 Å². The lowest BCUT2D eigenvalue weighted by Crippen LogP contribution is -2.36. The monoisotopic (exact) mass is 399 g/mol. The third-order valence-electron chi connectivity index (χ3n) is 5.11. The molecule has 0 radical (unpaired) electrons. The lowest BCUT2D eigenvalue weighted by atomic mass is 10.0. The first-order valence-electron chi connectivity index (χ1n) is 9.06. The minimum Gasteiger partial charge on any atom is -0.497 e. The summed E-state index contributed by atoms with van der Waals surface area (Å²) in [6.07, 6.45) is 3.19. The van der Waals surface area contributed by atoms with Crippen LogP contribution in [-0.4, -0.2) is 41.1 Å². The van der Waals surface area contributed by atoms with Gasteiger partial charge in [-0.25, -0.2) is 4.98 Å². The van der Waals surface area contributed by atoms with E-state index in [1.165, 1.54) is 22.2 Å². The molecule has 1 atom stereocenters. The number of ether oxygens (including phenoxy) is 2. The number of fused-ring (bicyclic) bond motifs is 1. The first-order valence-corrected chi connectivity index (χ1v) is 9.94. The van der Waals surface area contributed by atoms with Crippen molar-refractivity contribution in [1.29, 1.82) is 0 Å². The van der Waals surface area contributed by atoms with Crippen molar-refractivity contribution >= 4 is 27.5 Å². The number of hydrogen-bond donors (Lipinski definition) is 0. The largest absolute Gasteiger partial charge is 0.497 e. The van der Waals surface area contributed by atoms with Crippen molar-refractivity contribution in [2.24, 2.45) is 0 Å². The van der Waals surface area contributed by atoms with Crippen molar-refractivity contribution in [1.82, 2.24) is 14.5 Å². The number of nitrogens with zero attached hydrogens (tertiary/aromatic N) is 3. The smallest absolute Gasteiger partial charge is 0.271 e. The van der Waals surface area contributed by atoms with Crippen LogP contribution in [0.1, 0.15) is 24.4 Å². The van der Waals surface area contributed by atoms with Gasteiger partial charge in [0.2, 0.25) is 5.91 Å². The summed E-state index contributed by atoms with van der Waals surface area (Å²) in [5.74, 6) is 1.34. The van der Waals surface area contributed by atoms with Crippen LogP contribution in [-0.2, 0) is 11.3 Å². The molecule has 0 unspecified atom stereocenters. The predicted molar refractivity (Wildman–Crippen MR) is 107 cm³/mol. The summed E-state index contributed by atoms with van der Waals surface area (Å²) in [4.78, 5) is 31.7. The molecule has 7 nitrogen and oxygen atoms in total. The van der Waals surface area contributed by atoms with Crippen LogP contribution in [0.4, 0.5) is 0 Å². The van der Waals surface area contributed by atoms with Gasteiger partial charge >= 0.3 is 0 Å². The van der Waals surface area contributed by atoms with Crippen LogP contribution in [0.2, 0.25) is 0 Å². The first kappa shape index (κ1) is 18.5. The summed E-state index contributed by atoms with van der Waals surface area (Å²) in [5.41, 5.74) is 1.41. The van der Waals surface area contributed by atoms with Crippen LogP contribution in [0, 0.1) is 0 Å². The number of methoxy groups -OCH3 is 2. The van der Waals surface area contributed by atoms with Crippen molar-refractivity contribution in [2.45, 2.75) is 25.4 Å². The molecule has 1 aliphatic rings. The topological polar surface area (TPSA) is 73.7 Å². The van der Waals surface area contributed by atoms with Gasteiger partial charge in [0.15, 0.2) is 0 Å². The Morgan fingerprint density at radius 2 is 2.14 bits per heavy atom. The third kappa shape index (κ3) is 3.24. The maximum atomic E-state index is 13.0. The van der Waals surface area contributed by atoms with Gasteiger partial charge in [-0.2, -0.15) is 0 Å². The molecule has 1 aliphatic heterocycles. The lowest BCUT2D eigenvalue weighted by molar-refractivity contribution is -0.132. The Morgan fingerprint density at radius 3 is 2.93 bits per heavy atom. The molecule has 0 saturated carbocycles. The Labute approximate surface area is 166 Å². The SMILES string of the molecule is COc1ccc(OC)c([C@H]2CCCN2C(=O)Cn2cnc3ccsc3c2=O)c1. The number of thiophene rings is 1. The molecule has 1 fully saturated rings. The zero-order chi connectivity index (χ0) is 19.7. The van der Waals surface area contributed by atoms with E-state index in [2.05, 4.69) is 4.98 Å². The van der Waals surface area contributed by atoms with Crippen molar-refractivity contribution in [2.75, 3.05) is 20.8 Å². The van der Waals surface area contributed by atoms with E-state index in [1.54, 1.807) is 20.3 Å². The second kappa shape index (κ2) is 7.63. The maximum Gasteiger partial charge on any atom is 0.271 e. The van der Waals surface area contributed by atoms with E-state index in [4.69, 9.17) is 9.47 Å². The molecule has 3 aromatic rings. The van der Waals surface area contributed by atoms with Crippen molar-refractivity contribution < 1.29 is 14.3 Å². The fraction of sp³-hybridized carbons (Fsp3) is 0.350. The van der Waals surface area contributed by atoms with Crippen LogP contribution < -0.4 is 15.0 Å². The standard InChI is InChI=1S/C20H21N3O4S/c1-26-13-5-6-17(27-2)14(10-13)16-4-3-8-23(16)18(24)11-22-12-21-15-7-9-28-19(15)20(22)25/h5-7,9-10,12,16H,3-4,8,11H2,1-2H3/t16-/m1/s1. The quantitative estimate of drug-likeness (QED) is 0.660. The molecule has 0 aliphatic carbocycles. The Bertz CT molecular complexity index is 1070. The number of likely N-dealkylation sites (tertiary alicyclic amines) is 1. The lowest BCUT2D eigenvalue weighted by Gasteiger charge is -2.27. The second-order valence-corrected chi connectivity index (χ2v) is 7.58. The fourth-order valence-corrected chi connectivity index (χ4v) is 4.51. The van der Waals surface area contributed by atoms with E-state index < -0.39 is 0 Å². The van der Waals surface area contributed by atoms with Gasteiger partial charge in [0, 0.05) is 12.1 Å². The summed E-state index contributed by atoms with van der Waals surface area (Å²) in [6, 6.07) is 7.31. The Morgan fingerprint density at radius 1 is 1.29 bits per heavy atom. The van der Waals surface area contributed by atoms with Crippen LogP contribution in [0.15, 0.2) is 40.8 Å². The molecular weight excluding hydrogens is 378 g/mol. The van der Waals surface area contributed by atoms with Crippen LogP contribution >= 0.6 is 11.3 Å². The highest BCUT2D eigenvalue weighted by atomic mass is 32.1. The van der Waals surface area contributed by atoms with E-state index in [-0.39, 0.29) is 24.1 Å². The second-order valence-electron chi connectivity index (χ2n) is 6.67. The van der Waals surface area contributed by atoms with E-state index in [9.17, 15) is 9.59 Å². The van der Waals surface area contributed by atoms with Gasteiger partial charge in [-0.05, 0) is 42.5 Å². The number of carbonyl (C=O) groups excluding carboxylic acids is 1. The van der Waals surface area contributed by atoms with Gasteiger partial charge in [0.25, 0.3) is 5.56 Å². The summed E-state index contributed by atoms with van der Waals surface area (Å²) < 4.78 is 12.8. The normalized spacial score (nSPS) is 16.5. The molecule has 28 heavy (non-hydrogen) atoms. The summed E-state index contributed by atoms with van der Waals surface area (Å²) in [7, 11) is 3.23. The zero-order valence-electron chi connectivity index (χ0n) is 15.8. The number of amides is 1. The minimum absolute atomic E-state index is 0.0253. The van der Waals surface area contributed by atoms with Gasteiger partial charge < -0.3 is 14.4 Å². The Balaban J connectivity index is 1.62. The molecule has 1 saturated heterocycles. The summed E-state index contributed by atoms with van der Waals surface area (Å²) >= 11 is 1.34. The van der Waals surface area contributed by atoms with Gasteiger partial charge in [0.05, 0.1) is 32.1 Å². The van der Waals surface area contributed by atoms with E-state index in [0.717, 1.165) is 29.9 Å². The third-order valence-corrected chi connectivity index (χ3v) is 6.00. The van der Waals surface area contributed by atoms with Crippen LogP contribution in [0.25, 0.3) is 10.2 Å². The molecule has 0 bridgehead atoms. The van der Waals surface area contributed by atoms with Crippen molar-refractivity contribution in [3.63, 3.8) is 0 Å². The number of benzene rings is 1. The van der Waals surface area contributed by atoms with Crippen molar-refractivity contribution in [3.8, 4) is 11.5 Å².